The zero-order valence-corrected chi connectivity index (χ0v) is 9.67. The van der Waals surface area contributed by atoms with Gasteiger partial charge in [-0.3, -0.25) is 10.1 Å². The van der Waals surface area contributed by atoms with Crippen molar-refractivity contribution in [3.63, 3.8) is 0 Å². The first-order chi connectivity index (χ1) is 8.04. The van der Waals surface area contributed by atoms with E-state index in [-0.39, 0.29) is 17.5 Å². The molecular weight excluding hydrogens is 224 g/mol. The minimum Gasteiger partial charge on any atom is -0.403 e. The Bertz CT molecular complexity index is 420. The SMILES string of the molecule is CCC(C)NC(=O)Oc1ccccc1[N+](=O)[O-]. The first kappa shape index (κ1) is 13.0. The second-order valence-corrected chi connectivity index (χ2v) is 3.57. The number of nitro groups is 1. The van der Waals surface area contributed by atoms with E-state index in [9.17, 15) is 14.9 Å². The number of carbonyl (C=O) groups excluding carboxylic acids is 1. The van der Waals surface area contributed by atoms with Crippen LogP contribution in [0.25, 0.3) is 0 Å². The highest BCUT2D eigenvalue weighted by Gasteiger charge is 2.17. The Labute approximate surface area is 98.7 Å². The number of hydrogen-bond acceptors (Lipinski definition) is 4. The van der Waals surface area contributed by atoms with Crippen molar-refractivity contribution in [3.05, 3.63) is 34.4 Å². The summed E-state index contributed by atoms with van der Waals surface area (Å²) in [6.45, 7) is 3.73. The highest BCUT2D eigenvalue weighted by molar-refractivity contribution is 5.72. The molecule has 1 amide bonds. The van der Waals surface area contributed by atoms with Crippen LogP contribution in [0, 0.1) is 10.1 Å². The van der Waals surface area contributed by atoms with Crippen molar-refractivity contribution >= 4 is 11.8 Å². The molecule has 17 heavy (non-hydrogen) atoms. The first-order valence-corrected chi connectivity index (χ1v) is 5.26. The summed E-state index contributed by atoms with van der Waals surface area (Å²) < 4.78 is 4.89. The van der Waals surface area contributed by atoms with Gasteiger partial charge in [0.15, 0.2) is 0 Å². The number of nitrogens with one attached hydrogen (secondary N) is 1. The van der Waals surface area contributed by atoms with Crippen LogP contribution in [0.4, 0.5) is 10.5 Å². The van der Waals surface area contributed by atoms with E-state index in [0.29, 0.717) is 0 Å². The normalized spacial score (nSPS) is 11.6. The number of ether oxygens (including phenoxy) is 1. The molecule has 0 aromatic heterocycles. The number of benzene rings is 1. The molecule has 0 radical (unpaired) electrons. The number of nitro benzene ring substituents is 1. The molecule has 0 spiro atoms. The van der Waals surface area contributed by atoms with Gasteiger partial charge in [-0.2, -0.15) is 0 Å². The fourth-order valence-electron chi connectivity index (χ4n) is 1.13. The van der Waals surface area contributed by atoms with Crippen LogP contribution in [0.1, 0.15) is 20.3 Å². The minimum absolute atomic E-state index is 0.0368. The maximum absolute atomic E-state index is 11.4. The average Bonchev–Trinajstić information content (AvgIpc) is 2.29. The molecule has 0 saturated carbocycles. The quantitative estimate of drug-likeness (QED) is 0.645. The molecule has 1 aromatic rings. The van der Waals surface area contributed by atoms with Gasteiger partial charge in [-0.15, -0.1) is 0 Å². The van der Waals surface area contributed by atoms with Crippen LogP contribution in [-0.2, 0) is 0 Å². The summed E-state index contributed by atoms with van der Waals surface area (Å²) in [7, 11) is 0. The molecular formula is C11H14N2O4. The van der Waals surface area contributed by atoms with Crippen molar-refractivity contribution in [1.82, 2.24) is 5.32 Å². The van der Waals surface area contributed by atoms with Crippen molar-refractivity contribution in [2.24, 2.45) is 0 Å². The zero-order chi connectivity index (χ0) is 12.8. The Morgan fingerprint density at radius 3 is 2.76 bits per heavy atom. The van der Waals surface area contributed by atoms with Gasteiger partial charge in [0, 0.05) is 12.1 Å². The Morgan fingerprint density at radius 1 is 1.53 bits per heavy atom. The number of para-hydroxylation sites is 2. The van der Waals surface area contributed by atoms with E-state index in [1.54, 1.807) is 6.07 Å². The predicted molar refractivity (Wildman–Crippen MR) is 62.0 cm³/mol. The molecule has 6 heteroatoms. The van der Waals surface area contributed by atoms with Crippen molar-refractivity contribution in [1.29, 1.82) is 0 Å². The van der Waals surface area contributed by atoms with E-state index >= 15 is 0 Å². The molecule has 1 N–H and O–H groups in total. The number of carbonyl (C=O) groups is 1. The van der Waals surface area contributed by atoms with Gasteiger partial charge in [-0.25, -0.2) is 4.79 Å². The minimum atomic E-state index is -0.686. The summed E-state index contributed by atoms with van der Waals surface area (Å²) in [5.74, 6) is -0.0571. The van der Waals surface area contributed by atoms with Gasteiger partial charge in [-0.05, 0) is 19.4 Å². The molecule has 1 aromatic carbocycles. The molecule has 1 unspecified atom stereocenters. The Hall–Kier alpha value is -2.11. The maximum atomic E-state index is 11.4. The Balaban J connectivity index is 2.74. The van der Waals surface area contributed by atoms with E-state index in [1.807, 2.05) is 13.8 Å². The van der Waals surface area contributed by atoms with Gasteiger partial charge < -0.3 is 10.1 Å². The summed E-state index contributed by atoms with van der Waals surface area (Å²) >= 11 is 0. The van der Waals surface area contributed by atoms with E-state index in [4.69, 9.17) is 4.74 Å². The molecule has 0 aliphatic rings. The van der Waals surface area contributed by atoms with E-state index in [2.05, 4.69) is 5.32 Å². The first-order valence-electron chi connectivity index (χ1n) is 5.26. The van der Waals surface area contributed by atoms with Crippen LogP contribution < -0.4 is 10.1 Å². The van der Waals surface area contributed by atoms with Gasteiger partial charge in [-0.1, -0.05) is 19.1 Å². The predicted octanol–water partition coefficient (Wildman–Crippen LogP) is 2.48. The zero-order valence-electron chi connectivity index (χ0n) is 9.67. The van der Waals surface area contributed by atoms with E-state index < -0.39 is 11.0 Å². The van der Waals surface area contributed by atoms with Crippen LogP contribution in [0.5, 0.6) is 5.75 Å². The molecule has 0 aliphatic heterocycles. The number of rotatable bonds is 4. The Morgan fingerprint density at radius 2 is 2.18 bits per heavy atom. The summed E-state index contributed by atoms with van der Waals surface area (Å²) in [6, 6.07) is 5.71. The molecule has 6 nitrogen and oxygen atoms in total. The molecule has 0 heterocycles. The lowest BCUT2D eigenvalue weighted by molar-refractivity contribution is -0.385. The van der Waals surface area contributed by atoms with E-state index in [1.165, 1.54) is 18.2 Å². The molecule has 1 rings (SSSR count). The second kappa shape index (κ2) is 5.83. The summed E-state index contributed by atoms with van der Waals surface area (Å²) in [4.78, 5) is 21.5. The monoisotopic (exact) mass is 238 g/mol. The molecule has 92 valence electrons. The van der Waals surface area contributed by atoms with Crippen molar-refractivity contribution in [2.45, 2.75) is 26.3 Å². The fourth-order valence-corrected chi connectivity index (χ4v) is 1.13. The van der Waals surface area contributed by atoms with Crippen molar-refractivity contribution in [3.8, 4) is 5.75 Å². The number of nitrogens with zero attached hydrogens (tertiary/aromatic N) is 1. The van der Waals surface area contributed by atoms with Crippen LogP contribution in [0.2, 0.25) is 0 Å². The van der Waals surface area contributed by atoms with Gasteiger partial charge >= 0.3 is 11.8 Å². The van der Waals surface area contributed by atoms with Crippen molar-refractivity contribution < 1.29 is 14.5 Å². The topological polar surface area (TPSA) is 81.5 Å². The molecule has 1 atom stereocenters. The molecule has 0 saturated heterocycles. The largest absolute Gasteiger partial charge is 0.413 e. The fraction of sp³-hybridized carbons (Fsp3) is 0.364. The Kier molecular flexibility index (Phi) is 4.45. The number of amides is 1. The third-order valence-corrected chi connectivity index (χ3v) is 2.24. The van der Waals surface area contributed by atoms with Crippen LogP contribution in [0.3, 0.4) is 0 Å². The van der Waals surface area contributed by atoms with Crippen molar-refractivity contribution in [2.75, 3.05) is 0 Å². The molecule has 0 fully saturated rings. The van der Waals surface area contributed by atoms with Crippen LogP contribution in [-0.4, -0.2) is 17.1 Å². The third-order valence-electron chi connectivity index (χ3n) is 2.24. The lowest BCUT2D eigenvalue weighted by atomic mass is 10.3. The summed E-state index contributed by atoms with van der Waals surface area (Å²) in [5, 5.41) is 13.2. The third kappa shape index (κ3) is 3.75. The highest BCUT2D eigenvalue weighted by atomic mass is 16.6. The lowest BCUT2D eigenvalue weighted by Gasteiger charge is -2.11. The van der Waals surface area contributed by atoms with E-state index in [0.717, 1.165) is 6.42 Å². The lowest BCUT2D eigenvalue weighted by Crippen LogP contribution is -2.34. The van der Waals surface area contributed by atoms with Gasteiger partial charge in [0.1, 0.15) is 0 Å². The van der Waals surface area contributed by atoms with Crippen LogP contribution in [0.15, 0.2) is 24.3 Å². The van der Waals surface area contributed by atoms with Gasteiger partial charge in [0.25, 0.3) is 0 Å². The standard InChI is InChI=1S/C11H14N2O4/c1-3-8(2)12-11(14)17-10-7-5-4-6-9(10)13(15)16/h4-8H,3H2,1-2H3,(H,12,14). The molecule has 0 aliphatic carbocycles. The molecule has 0 bridgehead atoms. The van der Waals surface area contributed by atoms with Gasteiger partial charge in [0.05, 0.1) is 4.92 Å². The highest BCUT2D eigenvalue weighted by Crippen LogP contribution is 2.25. The average molecular weight is 238 g/mol. The summed E-state index contributed by atoms with van der Waals surface area (Å²) in [5.41, 5.74) is -0.230. The van der Waals surface area contributed by atoms with Gasteiger partial charge in [0.2, 0.25) is 5.75 Å². The summed E-state index contributed by atoms with van der Waals surface area (Å²) in [6.07, 6.45) is 0.0695. The maximum Gasteiger partial charge on any atom is 0.413 e. The smallest absolute Gasteiger partial charge is 0.403 e. The number of hydrogen-bond donors (Lipinski definition) is 1. The second-order valence-electron chi connectivity index (χ2n) is 3.57. The van der Waals surface area contributed by atoms with Crippen LogP contribution >= 0.6 is 0 Å².